The van der Waals surface area contributed by atoms with Crippen molar-refractivity contribution in [3.05, 3.63) is 35.9 Å². The molecule has 3 rings (SSSR count). The van der Waals surface area contributed by atoms with E-state index in [2.05, 4.69) is 41.8 Å². The number of rotatable bonds is 5. The fourth-order valence-corrected chi connectivity index (χ4v) is 3.96. The number of halogens is 1. The number of nitrogens with one attached hydrogen (secondary N) is 2. The van der Waals surface area contributed by atoms with Crippen LogP contribution in [0.25, 0.3) is 0 Å². The highest BCUT2D eigenvalue weighted by molar-refractivity contribution is 5.85. The van der Waals surface area contributed by atoms with Gasteiger partial charge in [0.15, 0.2) is 0 Å². The van der Waals surface area contributed by atoms with Crippen LogP contribution in [-0.4, -0.2) is 24.0 Å². The number of amides is 1. The maximum absolute atomic E-state index is 12.4. The topological polar surface area (TPSA) is 41.1 Å². The van der Waals surface area contributed by atoms with E-state index in [9.17, 15) is 4.79 Å². The molecule has 1 heterocycles. The molecule has 0 radical (unpaired) electrons. The van der Waals surface area contributed by atoms with Gasteiger partial charge < -0.3 is 10.6 Å². The van der Waals surface area contributed by atoms with Gasteiger partial charge >= 0.3 is 0 Å². The van der Waals surface area contributed by atoms with E-state index in [-0.39, 0.29) is 30.4 Å². The van der Waals surface area contributed by atoms with Gasteiger partial charge in [-0.3, -0.25) is 4.79 Å². The highest BCUT2D eigenvalue weighted by Gasteiger charge is 2.38. The third-order valence-electron chi connectivity index (χ3n) is 5.28. The summed E-state index contributed by atoms with van der Waals surface area (Å²) in [7, 11) is 0. The van der Waals surface area contributed by atoms with Crippen LogP contribution < -0.4 is 10.6 Å². The van der Waals surface area contributed by atoms with Crippen LogP contribution in [-0.2, 0) is 11.2 Å². The highest BCUT2D eigenvalue weighted by atomic mass is 35.5. The molecule has 2 aliphatic rings. The molecule has 23 heavy (non-hydrogen) atoms. The molecule has 1 amide bonds. The standard InChI is InChI=1S/C19H28N2O.ClH/c1-14(11-12-15-7-3-2-4-8-15)20-19(22)18-13-16-9-5-6-10-17(16)21-18;/h2-4,7-8,14,16-18,21H,5-6,9-13H2,1H3,(H,20,22);1H. The maximum atomic E-state index is 12.4. The van der Waals surface area contributed by atoms with Gasteiger partial charge in [-0.1, -0.05) is 43.2 Å². The van der Waals surface area contributed by atoms with Crippen LogP contribution in [0.1, 0.15) is 51.0 Å². The Morgan fingerprint density at radius 1 is 1.26 bits per heavy atom. The van der Waals surface area contributed by atoms with Crippen molar-refractivity contribution in [2.45, 2.75) is 70.0 Å². The van der Waals surface area contributed by atoms with E-state index in [4.69, 9.17) is 0 Å². The summed E-state index contributed by atoms with van der Waals surface area (Å²) in [6.45, 7) is 2.11. The summed E-state index contributed by atoms with van der Waals surface area (Å²) in [5.41, 5.74) is 1.34. The minimum atomic E-state index is 0. The molecular weight excluding hydrogens is 308 g/mol. The number of hydrogen-bond donors (Lipinski definition) is 2. The van der Waals surface area contributed by atoms with Gasteiger partial charge in [-0.15, -0.1) is 12.4 Å². The highest BCUT2D eigenvalue weighted by Crippen LogP contribution is 2.33. The number of aryl methyl sites for hydroxylation is 1. The van der Waals surface area contributed by atoms with Crippen LogP contribution in [0, 0.1) is 5.92 Å². The molecule has 3 nitrogen and oxygen atoms in total. The van der Waals surface area contributed by atoms with Gasteiger partial charge in [0.25, 0.3) is 0 Å². The van der Waals surface area contributed by atoms with Gasteiger partial charge in [-0.25, -0.2) is 0 Å². The van der Waals surface area contributed by atoms with Crippen molar-refractivity contribution in [1.82, 2.24) is 10.6 Å². The first-order chi connectivity index (χ1) is 10.7. The first-order valence-electron chi connectivity index (χ1n) is 8.82. The number of carbonyl (C=O) groups is 1. The molecule has 0 bridgehead atoms. The third-order valence-corrected chi connectivity index (χ3v) is 5.28. The smallest absolute Gasteiger partial charge is 0.237 e. The second-order valence-corrected chi connectivity index (χ2v) is 7.04. The number of fused-ring (bicyclic) bond motifs is 1. The fraction of sp³-hybridized carbons (Fsp3) is 0.632. The molecule has 4 unspecified atom stereocenters. The van der Waals surface area contributed by atoms with Gasteiger partial charge in [0, 0.05) is 12.1 Å². The Morgan fingerprint density at radius 3 is 2.74 bits per heavy atom. The van der Waals surface area contributed by atoms with Gasteiger partial charge in [0.05, 0.1) is 6.04 Å². The van der Waals surface area contributed by atoms with Crippen LogP contribution in [0.5, 0.6) is 0 Å². The normalized spacial score (nSPS) is 27.6. The Bertz CT molecular complexity index is 479. The molecule has 1 aromatic carbocycles. The molecule has 0 spiro atoms. The van der Waals surface area contributed by atoms with Crippen molar-refractivity contribution >= 4 is 18.3 Å². The Morgan fingerprint density at radius 2 is 2.00 bits per heavy atom. The minimum Gasteiger partial charge on any atom is -0.352 e. The molecule has 1 saturated heterocycles. The molecule has 2 N–H and O–H groups in total. The predicted molar refractivity (Wildman–Crippen MR) is 96.9 cm³/mol. The average molecular weight is 337 g/mol. The first kappa shape index (κ1) is 18.3. The summed E-state index contributed by atoms with van der Waals surface area (Å²) >= 11 is 0. The van der Waals surface area contributed by atoms with Gasteiger partial charge in [-0.05, 0) is 50.5 Å². The largest absolute Gasteiger partial charge is 0.352 e. The number of benzene rings is 1. The summed E-state index contributed by atoms with van der Waals surface area (Å²) in [6, 6.07) is 11.3. The number of carbonyl (C=O) groups excluding carboxylic acids is 1. The SMILES string of the molecule is CC(CCc1ccccc1)NC(=O)C1CC2CCCCC2N1.Cl. The zero-order valence-corrected chi connectivity index (χ0v) is 14.8. The van der Waals surface area contributed by atoms with E-state index < -0.39 is 0 Å². The number of hydrogen-bond acceptors (Lipinski definition) is 2. The molecule has 4 atom stereocenters. The fourth-order valence-electron chi connectivity index (χ4n) is 3.96. The van der Waals surface area contributed by atoms with Gasteiger partial charge in [0.1, 0.15) is 0 Å². The third kappa shape index (κ3) is 4.95. The second-order valence-electron chi connectivity index (χ2n) is 7.04. The van der Waals surface area contributed by atoms with Gasteiger partial charge in [-0.2, -0.15) is 0 Å². The van der Waals surface area contributed by atoms with E-state index in [0.29, 0.717) is 6.04 Å². The molecule has 1 aliphatic carbocycles. The van der Waals surface area contributed by atoms with E-state index in [1.165, 1.54) is 31.2 Å². The summed E-state index contributed by atoms with van der Waals surface area (Å²) in [4.78, 5) is 12.4. The van der Waals surface area contributed by atoms with Crippen molar-refractivity contribution < 1.29 is 4.79 Å². The lowest BCUT2D eigenvalue weighted by atomic mass is 9.85. The Kier molecular flexibility index (Phi) is 6.91. The molecule has 0 aromatic heterocycles. The van der Waals surface area contributed by atoms with Crippen LogP contribution >= 0.6 is 12.4 Å². The van der Waals surface area contributed by atoms with Crippen LogP contribution in [0.3, 0.4) is 0 Å². The first-order valence-corrected chi connectivity index (χ1v) is 8.82. The Balaban J connectivity index is 0.00000192. The van der Waals surface area contributed by atoms with Crippen molar-refractivity contribution in [2.24, 2.45) is 5.92 Å². The van der Waals surface area contributed by atoms with Crippen molar-refractivity contribution in [3.8, 4) is 0 Å². The van der Waals surface area contributed by atoms with Crippen LogP contribution in [0.4, 0.5) is 0 Å². The quantitative estimate of drug-likeness (QED) is 0.864. The molecule has 1 aromatic rings. The summed E-state index contributed by atoms with van der Waals surface area (Å²) in [5, 5.41) is 6.76. The zero-order chi connectivity index (χ0) is 15.4. The molecule has 1 aliphatic heterocycles. The maximum Gasteiger partial charge on any atom is 0.237 e. The van der Waals surface area contributed by atoms with Crippen molar-refractivity contribution in [2.75, 3.05) is 0 Å². The monoisotopic (exact) mass is 336 g/mol. The molecule has 128 valence electrons. The summed E-state index contributed by atoms with van der Waals surface area (Å²) in [5.74, 6) is 0.930. The van der Waals surface area contributed by atoms with E-state index >= 15 is 0 Å². The Labute approximate surface area is 146 Å². The zero-order valence-electron chi connectivity index (χ0n) is 14.0. The van der Waals surface area contributed by atoms with Crippen molar-refractivity contribution in [1.29, 1.82) is 0 Å². The van der Waals surface area contributed by atoms with E-state index in [1.54, 1.807) is 0 Å². The van der Waals surface area contributed by atoms with Crippen LogP contribution in [0.15, 0.2) is 30.3 Å². The van der Waals surface area contributed by atoms with E-state index in [1.807, 2.05) is 6.07 Å². The minimum absolute atomic E-state index is 0. The lowest BCUT2D eigenvalue weighted by Gasteiger charge is -2.24. The summed E-state index contributed by atoms with van der Waals surface area (Å²) < 4.78 is 0. The Hall–Kier alpha value is -1.06. The van der Waals surface area contributed by atoms with Crippen molar-refractivity contribution in [3.63, 3.8) is 0 Å². The van der Waals surface area contributed by atoms with E-state index in [0.717, 1.165) is 25.2 Å². The average Bonchev–Trinajstić information content (AvgIpc) is 2.98. The predicted octanol–water partition coefficient (Wildman–Crippen LogP) is 3.47. The molecule has 1 saturated carbocycles. The lowest BCUT2D eigenvalue weighted by molar-refractivity contribution is -0.123. The van der Waals surface area contributed by atoms with Gasteiger partial charge in [0.2, 0.25) is 5.91 Å². The lowest BCUT2D eigenvalue weighted by Crippen LogP contribution is -2.46. The molecule has 4 heteroatoms. The molecular formula is C19H29ClN2O. The summed E-state index contributed by atoms with van der Waals surface area (Å²) in [6.07, 6.45) is 8.24. The molecule has 2 fully saturated rings. The second kappa shape index (κ2) is 8.70. The van der Waals surface area contributed by atoms with Crippen LogP contribution in [0.2, 0.25) is 0 Å².